The third-order valence-electron chi connectivity index (χ3n) is 4.66. The fourth-order valence-corrected chi connectivity index (χ4v) is 3.65. The minimum atomic E-state index is -4.43. The zero-order chi connectivity index (χ0) is 19.7. The van der Waals surface area contributed by atoms with E-state index < -0.39 is 11.7 Å². The average molecular weight is 406 g/mol. The highest BCUT2D eigenvalue weighted by molar-refractivity contribution is 7.15. The topological polar surface area (TPSA) is 43.6 Å². The van der Waals surface area contributed by atoms with E-state index in [0.717, 1.165) is 24.5 Å². The molecule has 2 aromatic heterocycles. The predicted molar refractivity (Wildman–Crippen MR) is 102 cm³/mol. The molecule has 8 heteroatoms. The van der Waals surface area contributed by atoms with Crippen LogP contribution in [0.4, 0.5) is 13.2 Å². The van der Waals surface area contributed by atoms with Crippen molar-refractivity contribution in [2.45, 2.75) is 25.4 Å². The summed E-state index contributed by atoms with van der Waals surface area (Å²) >= 11 is 1.31. The maximum absolute atomic E-state index is 12.9. The van der Waals surface area contributed by atoms with E-state index in [9.17, 15) is 18.0 Å². The van der Waals surface area contributed by atoms with E-state index >= 15 is 0 Å². The summed E-state index contributed by atoms with van der Waals surface area (Å²) in [6, 6.07) is 4.53. The maximum atomic E-state index is 12.9. The highest BCUT2D eigenvalue weighted by Gasteiger charge is 2.30. The van der Waals surface area contributed by atoms with Gasteiger partial charge in [-0.05, 0) is 36.1 Å². The van der Waals surface area contributed by atoms with Gasteiger partial charge in [0.2, 0.25) is 0 Å². The fourth-order valence-electron chi connectivity index (χ4n) is 2.94. The van der Waals surface area contributed by atoms with Crippen molar-refractivity contribution in [2.24, 2.45) is 5.92 Å². The molecule has 0 aliphatic heterocycles. The molecule has 0 bridgehead atoms. The van der Waals surface area contributed by atoms with Gasteiger partial charge in [-0.2, -0.15) is 13.2 Å². The zero-order valence-electron chi connectivity index (χ0n) is 14.8. The quantitative estimate of drug-likeness (QED) is 0.416. The van der Waals surface area contributed by atoms with Crippen molar-refractivity contribution in [1.82, 2.24) is 9.38 Å². The molecule has 0 saturated heterocycles. The number of ether oxygens (including phenoxy) is 1. The van der Waals surface area contributed by atoms with Gasteiger partial charge in [0.1, 0.15) is 0 Å². The summed E-state index contributed by atoms with van der Waals surface area (Å²) in [5.74, 6) is 0.751. The number of hydrogen-bond acceptors (Lipinski definition) is 4. The first-order valence-corrected chi connectivity index (χ1v) is 9.77. The number of nitrogens with zero attached hydrogens (tertiary/aromatic N) is 2. The van der Waals surface area contributed by atoms with Crippen LogP contribution in [0.25, 0.3) is 22.2 Å². The van der Waals surface area contributed by atoms with Crippen LogP contribution in [0.15, 0.2) is 46.9 Å². The van der Waals surface area contributed by atoms with Crippen molar-refractivity contribution >= 4 is 22.4 Å². The highest BCUT2D eigenvalue weighted by atomic mass is 32.1. The van der Waals surface area contributed by atoms with Crippen molar-refractivity contribution in [3.8, 4) is 11.1 Å². The van der Waals surface area contributed by atoms with Crippen molar-refractivity contribution in [3.05, 3.63) is 63.7 Å². The maximum Gasteiger partial charge on any atom is 0.416 e. The van der Waals surface area contributed by atoms with Crippen molar-refractivity contribution in [2.75, 3.05) is 6.61 Å². The number of benzene rings is 1. The van der Waals surface area contributed by atoms with Crippen LogP contribution in [0.5, 0.6) is 0 Å². The Bertz CT molecular complexity index is 1060. The Labute approximate surface area is 162 Å². The SMILES string of the molecule is O=c1c(-c2ccc(C(F)(F)F)cc2)c(/C=C/OCCC2CC2)nc2sccn12. The normalized spacial score (nSPS) is 14.8. The Hall–Kier alpha value is -2.61. The molecule has 1 fully saturated rings. The number of alkyl halides is 3. The van der Waals surface area contributed by atoms with E-state index in [1.807, 2.05) is 0 Å². The molecule has 4 rings (SSSR count). The van der Waals surface area contributed by atoms with Crippen molar-refractivity contribution < 1.29 is 17.9 Å². The molecule has 0 spiro atoms. The Morgan fingerprint density at radius 3 is 2.68 bits per heavy atom. The van der Waals surface area contributed by atoms with Gasteiger partial charge in [0.15, 0.2) is 4.96 Å². The molecule has 146 valence electrons. The molecule has 1 aliphatic rings. The van der Waals surface area contributed by atoms with Crippen LogP contribution in [0, 0.1) is 5.92 Å². The molecule has 28 heavy (non-hydrogen) atoms. The number of fused-ring (bicyclic) bond motifs is 1. The molecule has 1 aliphatic carbocycles. The van der Waals surface area contributed by atoms with Crippen LogP contribution < -0.4 is 5.56 Å². The number of halogens is 3. The molecule has 1 aromatic carbocycles. The number of aromatic nitrogens is 2. The van der Waals surface area contributed by atoms with Crippen LogP contribution in [-0.4, -0.2) is 16.0 Å². The van der Waals surface area contributed by atoms with E-state index in [1.54, 1.807) is 17.7 Å². The monoisotopic (exact) mass is 406 g/mol. The lowest BCUT2D eigenvalue weighted by atomic mass is 10.0. The van der Waals surface area contributed by atoms with Gasteiger partial charge in [-0.1, -0.05) is 25.0 Å². The Morgan fingerprint density at radius 2 is 2.00 bits per heavy atom. The van der Waals surface area contributed by atoms with Gasteiger partial charge in [-0.3, -0.25) is 9.20 Å². The van der Waals surface area contributed by atoms with E-state index in [2.05, 4.69) is 4.98 Å². The second kappa shape index (κ2) is 7.43. The Balaban J connectivity index is 1.69. The largest absolute Gasteiger partial charge is 0.501 e. The number of hydrogen-bond donors (Lipinski definition) is 0. The molecule has 3 aromatic rings. The van der Waals surface area contributed by atoms with Crippen LogP contribution >= 0.6 is 11.3 Å². The van der Waals surface area contributed by atoms with Crippen LogP contribution in [0.1, 0.15) is 30.5 Å². The van der Waals surface area contributed by atoms with Crippen LogP contribution in [0.2, 0.25) is 0 Å². The Kier molecular flexibility index (Phi) is 4.97. The first kappa shape index (κ1) is 18.7. The lowest BCUT2D eigenvalue weighted by molar-refractivity contribution is -0.137. The second-order valence-corrected chi connectivity index (χ2v) is 7.59. The minimum Gasteiger partial charge on any atom is -0.501 e. The summed E-state index contributed by atoms with van der Waals surface area (Å²) in [7, 11) is 0. The van der Waals surface area contributed by atoms with Gasteiger partial charge in [0.05, 0.1) is 29.7 Å². The molecule has 2 heterocycles. The van der Waals surface area contributed by atoms with Crippen LogP contribution in [-0.2, 0) is 10.9 Å². The van der Waals surface area contributed by atoms with E-state index in [4.69, 9.17) is 4.74 Å². The first-order valence-electron chi connectivity index (χ1n) is 8.89. The lowest BCUT2D eigenvalue weighted by Gasteiger charge is -2.09. The molecule has 0 N–H and O–H groups in total. The Morgan fingerprint density at radius 1 is 1.25 bits per heavy atom. The third kappa shape index (κ3) is 3.96. The first-order chi connectivity index (χ1) is 13.4. The molecular weight excluding hydrogens is 389 g/mol. The van der Waals surface area contributed by atoms with Gasteiger partial charge in [-0.25, -0.2) is 4.98 Å². The van der Waals surface area contributed by atoms with E-state index in [0.29, 0.717) is 22.8 Å². The summed E-state index contributed by atoms with van der Waals surface area (Å²) < 4.78 is 45.4. The zero-order valence-corrected chi connectivity index (χ0v) is 15.6. The minimum absolute atomic E-state index is 0.242. The van der Waals surface area contributed by atoms with Gasteiger partial charge in [-0.15, -0.1) is 11.3 Å². The standard InChI is InChI=1S/C20H17F3N2O2S/c21-20(22,23)15-5-3-14(4-6-15)17-16(8-11-27-10-7-13-1-2-13)24-19-25(18(17)26)9-12-28-19/h3-6,8-9,11-13H,1-2,7,10H2/b11-8+. The van der Waals surface area contributed by atoms with Gasteiger partial charge in [0.25, 0.3) is 5.56 Å². The van der Waals surface area contributed by atoms with Gasteiger partial charge < -0.3 is 4.74 Å². The summed E-state index contributed by atoms with van der Waals surface area (Å²) in [6.07, 6.45) is 3.76. The molecular formula is C20H17F3N2O2S. The molecule has 0 amide bonds. The number of rotatable bonds is 6. The molecule has 0 unspecified atom stereocenters. The lowest BCUT2D eigenvalue weighted by Crippen LogP contribution is -2.17. The average Bonchev–Trinajstić information content (AvgIpc) is 3.36. The number of thiazole rings is 1. The van der Waals surface area contributed by atoms with Crippen molar-refractivity contribution in [3.63, 3.8) is 0 Å². The van der Waals surface area contributed by atoms with Crippen molar-refractivity contribution in [1.29, 1.82) is 0 Å². The summed E-state index contributed by atoms with van der Waals surface area (Å²) in [5.41, 5.74) is -0.0981. The molecule has 0 atom stereocenters. The molecule has 0 radical (unpaired) electrons. The van der Waals surface area contributed by atoms with E-state index in [1.165, 1.54) is 47.0 Å². The summed E-state index contributed by atoms with van der Waals surface area (Å²) in [4.78, 5) is 17.9. The highest BCUT2D eigenvalue weighted by Crippen LogP contribution is 2.32. The smallest absolute Gasteiger partial charge is 0.416 e. The van der Waals surface area contributed by atoms with Gasteiger partial charge >= 0.3 is 6.18 Å². The molecule has 1 saturated carbocycles. The van der Waals surface area contributed by atoms with E-state index in [-0.39, 0.29) is 11.1 Å². The van der Waals surface area contributed by atoms with Crippen LogP contribution in [0.3, 0.4) is 0 Å². The second-order valence-electron chi connectivity index (χ2n) is 6.71. The molecule has 4 nitrogen and oxygen atoms in total. The third-order valence-corrected chi connectivity index (χ3v) is 5.41. The van der Waals surface area contributed by atoms with Gasteiger partial charge in [0, 0.05) is 11.6 Å². The fraction of sp³-hybridized carbons (Fsp3) is 0.300. The predicted octanol–water partition coefficient (Wildman–Crippen LogP) is 5.23. The summed E-state index contributed by atoms with van der Waals surface area (Å²) in [5, 5.41) is 1.74. The summed E-state index contributed by atoms with van der Waals surface area (Å²) in [6.45, 7) is 0.594.